The van der Waals surface area contributed by atoms with Gasteiger partial charge in [0.15, 0.2) is 0 Å². The predicted molar refractivity (Wildman–Crippen MR) is 102 cm³/mol. The summed E-state index contributed by atoms with van der Waals surface area (Å²) in [6, 6.07) is 7.46. The van der Waals surface area contributed by atoms with Crippen molar-refractivity contribution in [2.24, 2.45) is 5.92 Å². The molecule has 1 atom stereocenters. The molecule has 1 N–H and O–H groups in total. The number of carbonyl (C=O) groups is 1. The number of para-hydroxylation sites is 1. The van der Waals surface area contributed by atoms with Crippen LogP contribution in [0.5, 0.6) is 0 Å². The molecule has 3 rings (SSSR count). The third-order valence-corrected chi connectivity index (χ3v) is 4.49. The lowest BCUT2D eigenvalue weighted by Crippen LogP contribution is -2.37. The van der Waals surface area contributed by atoms with Gasteiger partial charge in [-0.2, -0.15) is 0 Å². The number of hydrogen-bond acceptors (Lipinski definition) is 4. The van der Waals surface area contributed by atoms with E-state index in [9.17, 15) is 9.59 Å². The summed E-state index contributed by atoms with van der Waals surface area (Å²) >= 11 is 0. The highest BCUT2D eigenvalue weighted by Gasteiger charge is 2.15. The monoisotopic (exact) mass is 355 g/mol. The highest BCUT2D eigenvalue weighted by molar-refractivity contribution is 6.01. The van der Waals surface area contributed by atoms with Crippen LogP contribution in [-0.4, -0.2) is 21.5 Å². The largest absolute Gasteiger partial charge is 0.448 e. The summed E-state index contributed by atoms with van der Waals surface area (Å²) in [5.74, 6) is 0.472. The van der Waals surface area contributed by atoms with Crippen molar-refractivity contribution >= 4 is 28.0 Å². The fourth-order valence-electron chi connectivity index (χ4n) is 3.11. The lowest BCUT2D eigenvalue weighted by atomic mass is 10.0. The zero-order valence-corrected chi connectivity index (χ0v) is 15.5. The molecular formula is C20H25N3O3. The minimum atomic E-state index is -0.339. The molecule has 0 unspecified atom stereocenters. The Kier molecular flexibility index (Phi) is 5.40. The van der Waals surface area contributed by atoms with Gasteiger partial charge >= 0.3 is 0 Å². The zero-order valence-electron chi connectivity index (χ0n) is 15.5. The van der Waals surface area contributed by atoms with Crippen molar-refractivity contribution in [3.05, 3.63) is 40.9 Å². The molecule has 0 fully saturated rings. The number of nitrogens with one attached hydrogen (secondary N) is 1. The molecule has 6 heteroatoms. The first-order valence-electron chi connectivity index (χ1n) is 9.11. The number of rotatable bonds is 7. The van der Waals surface area contributed by atoms with Gasteiger partial charge in [0, 0.05) is 11.4 Å². The summed E-state index contributed by atoms with van der Waals surface area (Å²) in [5.41, 5.74) is 0.998. The Hall–Kier alpha value is -2.63. The van der Waals surface area contributed by atoms with E-state index in [2.05, 4.69) is 24.1 Å². The maximum Gasteiger partial charge on any atom is 0.297 e. The Morgan fingerprint density at radius 2 is 2.00 bits per heavy atom. The van der Waals surface area contributed by atoms with Crippen LogP contribution < -0.4 is 10.9 Å². The van der Waals surface area contributed by atoms with Crippen LogP contribution in [-0.2, 0) is 11.3 Å². The van der Waals surface area contributed by atoms with Crippen molar-refractivity contribution in [1.29, 1.82) is 0 Å². The molecule has 0 spiro atoms. The van der Waals surface area contributed by atoms with E-state index in [1.54, 1.807) is 6.07 Å². The van der Waals surface area contributed by atoms with Crippen LogP contribution in [0, 0.1) is 5.92 Å². The summed E-state index contributed by atoms with van der Waals surface area (Å²) in [6.07, 6.45) is 4.56. The summed E-state index contributed by atoms with van der Waals surface area (Å²) in [6.45, 7) is 6.31. The van der Waals surface area contributed by atoms with E-state index >= 15 is 0 Å². The molecule has 6 nitrogen and oxygen atoms in total. The van der Waals surface area contributed by atoms with Crippen molar-refractivity contribution in [3.8, 4) is 0 Å². The van der Waals surface area contributed by atoms with E-state index in [4.69, 9.17) is 4.42 Å². The number of carbonyl (C=O) groups excluding carboxylic acids is 1. The van der Waals surface area contributed by atoms with Crippen molar-refractivity contribution in [3.63, 3.8) is 0 Å². The molecule has 0 bridgehead atoms. The Balaban J connectivity index is 1.70. The van der Waals surface area contributed by atoms with Gasteiger partial charge in [-0.15, -0.1) is 0 Å². The van der Waals surface area contributed by atoms with Crippen LogP contribution in [0.1, 0.15) is 40.0 Å². The van der Waals surface area contributed by atoms with Gasteiger partial charge in [0.25, 0.3) is 5.56 Å². The third-order valence-electron chi connectivity index (χ3n) is 4.49. The van der Waals surface area contributed by atoms with E-state index in [1.807, 2.05) is 25.1 Å². The number of amides is 1. The lowest BCUT2D eigenvalue weighted by Gasteiger charge is -2.15. The average molecular weight is 355 g/mol. The summed E-state index contributed by atoms with van der Waals surface area (Å²) in [7, 11) is 0. The molecule has 138 valence electrons. The van der Waals surface area contributed by atoms with Gasteiger partial charge < -0.3 is 9.73 Å². The first kappa shape index (κ1) is 18.2. The number of benzene rings is 1. The van der Waals surface area contributed by atoms with Crippen molar-refractivity contribution in [1.82, 2.24) is 14.9 Å². The Labute approximate surface area is 152 Å². The van der Waals surface area contributed by atoms with E-state index in [0.29, 0.717) is 17.0 Å². The zero-order chi connectivity index (χ0) is 18.7. The molecule has 0 aliphatic heterocycles. The second-order valence-corrected chi connectivity index (χ2v) is 7.25. The average Bonchev–Trinajstić information content (AvgIpc) is 2.96. The topological polar surface area (TPSA) is 77.1 Å². The standard InChI is InChI=1S/C20H25N3O3/c1-13(2)7-6-8-14(3)22-17(24)11-23-12-21-18-15-9-4-5-10-16(15)26-19(18)20(23)25/h4-5,9-10,12-14H,6-8,11H2,1-3H3,(H,22,24)/t14-/m1/s1. The molecular weight excluding hydrogens is 330 g/mol. The first-order chi connectivity index (χ1) is 12.5. The van der Waals surface area contributed by atoms with E-state index in [1.165, 1.54) is 10.9 Å². The van der Waals surface area contributed by atoms with Crippen LogP contribution in [0.3, 0.4) is 0 Å². The molecule has 3 aromatic rings. The molecule has 0 aliphatic carbocycles. The maximum atomic E-state index is 12.6. The SMILES string of the molecule is CC(C)CCC[C@@H](C)NC(=O)Cn1cnc2c(oc3ccccc32)c1=O. The number of furan rings is 1. The van der Waals surface area contributed by atoms with Gasteiger partial charge in [0.05, 0.1) is 6.33 Å². The fourth-order valence-corrected chi connectivity index (χ4v) is 3.11. The predicted octanol–water partition coefficient (Wildman–Crippen LogP) is 3.47. The van der Waals surface area contributed by atoms with Gasteiger partial charge in [-0.1, -0.05) is 38.8 Å². The Morgan fingerprint density at radius 3 is 2.77 bits per heavy atom. The molecule has 2 heterocycles. The molecule has 26 heavy (non-hydrogen) atoms. The van der Waals surface area contributed by atoms with E-state index in [0.717, 1.165) is 24.6 Å². The van der Waals surface area contributed by atoms with Gasteiger partial charge in [-0.05, 0) is 31.4 Å². The molecule has 0 saturated carbocycles. The van der Waals surface area contributed by atoms with E-state index in [-0.39, 0.29) is 29.6 Å². The van der Waals surface area contributed by atoms with Crippen molar-refractivity contribution < 1.29 is 9.21 Å². The molecule has 0 aliphatic rings. The minimum Gasteiger partial charge on any atom is -0.448 e. The molecule has 1 aromatic carbocycles. The lowest BCUT2D eigenvalue weighted by molar-refractivity contribution is -0.122. The summed E-state index contributed by atoms with van der Waals surface area (Å²) in [4.78, 5) is 29.2. The summed E-state index contributed by atoms with van der Waals surface area (Å²) < 4.78 is 6.93. The normalized spacial score (nSPS) is 12.8. The van der Waals surface area contributed by atoms with Gasteiger partial charge in [-0.3, -0.25) is 14.2 Å². The van der Waals surface area contributed by atoms with Crippen LogP contribution in [0.2, 0.25) is 0 Å². The molecule has 1 amide bonds. The van der Waals surface area contributed by atoms with Crippen LogP contribution in [0.4, 0.5) is 0 Å². The quantitative estimate of drug-likeness (QED) is 0.704. The van der Waals surface area contributed by atoms with E-state index < -0.39 is 0 Å². The van der Waals surface area contributed by atoms with Crippen LogP contribution in [0.15, 0.2) is 39.8 Å². The minimum absolute atomic E-state index is 0.0622. The first-order valence-corrected chi connectivity index (χ1v) is 9.11. The molecule has 0 saturated heterocycles. The highest BCUT2D eigenvalue weighted by atomic mass is 16.3. The van der Waals surface area contributed by atoms with Gasteiger partial charge in [0.1, 0.15) is 17.6 Å². The molecule has 0 radical (unpaired) electrons. The second-order valence-electron chi connectivity index (χ2n) is 7.25. The highest BCUT2D eigenvalue weighted by Crippen LogP contribution is 2.23. The Bertz CT molecular complexity index is 971. The number of hydrogen-bond donors (Lipinski definition) is 1. The van der Waals surface area contributed by atoms with Crippen LogP contribution >= 0.6 is 0 Å². The maximum absolute atomic E-state index is 12.6. The third kappa shape index (κ3) is 3.95. The van der Waals surface area contributed by atoms with Crippen molar-refractivity contribution in [2.45, 2.75) is 52.6 Å². The number of aromatic nitrogens is 2. The second kappa shape index (κ2) is 7.72. The number of fused-ring (bicyclic) bond motifs is 3. The van der Waals surface area contributed by atoms with Crippen LogP contribution in [0.25, 0.3) is 22.1 Å². The van der Waals surface area contributed by atoms with Gasteiger partial charge in [0.2, 0.25) is 11.5 Å². The smallest absolute Gasteiger partial charge is 0.297 e. The number of nitrogens with zero attached hydrogens (tertiary/aromatic N) is 2. The van der Waals surface area contributed by atoms with Gasteiger partial charge in [-0.25, -0.2) is 4.98 Å². The fraction of sp³-hybridized carbons (Fsp3) is 0.450. The summed E-state index contributed by atoms with van der Waals surface area (Å²) in [5, 5.41) is 3.75. The van der Waals surface area contributed by atoms with Crippen molar-refractivity contribution in [2.75, 3.05) is 0 Å². The molecule has 2 aromatic heterocycles. The Morgan fingerprint density at radius 1 is 1.23 bits per heavy atom.